The third-order valence-electron chi connectivity index (χ3n) is 3.17. The Balaban J connectivity index is 1.89. The van der Waals surface area contributed by atoms with E-state index in [1.807, 2.05) is 49.4 Å². The quantitative estimate of drug-likeness (QED) is 0.764. The van der Waals surface area contributed by atoms with E-state index in [0.717, 1.165) is 22.6 Å². The van der Waals surface area contributed by atoms with E-state index < -0.39 is 0 Å². The third-order valence-corrected chi connectivity index (χ3v) is 3.17. The molecule has 3 rings (SSSR count). The highest BCUT2D eigenvalue weighted by molar-refractivity contribution is 5.78. The molecule has 0 aliphatic rings. The number of ether oxygens (including phenoxy) is 1. The summed E-state index contributed by atoms with van der Waals surface area (Å²) in [6.07, 6.45) is -0.103. The largest absolute Gasteiger partial charge is 0.483 e. The zero-order chi connectivity index (χ0) is 13.2. The van der Waals surface area contributed by atoms with Gasteiger partial charge < -0.3 is 9.72 Å². The predicted octanol–water partition coefficient (Wildman–Crippen LogP) is 4.01. The first-order chi connectivity index (χ1) is 9.24. The average molecular weight is 252 g/mol. The van der Waals surface area contributed by atoms with E-state index in [9.17, 15) is 0 Å². The van der Waals surface area contributed by atoms with Gasteiger partial charge in [0.05, 0.1) is 11.0 Å². The number of aryl methyl sites for hydroxylation is 1. The summed E-state index contributed by atoms with van der Waals surface area (Å²) in [5, 5.41) is 0. The Morgan fingerprint density at radius 3 is 2.58 bits per heavy atom. The molecule has 3 aromatic rings. The van der Waals surface area contributed by atoms with E-state index in [2.05, 4.69) is 23.0 Å². The lowest BCUT2D eigenvalue weighted by Gasteiger charge is -2.11. The first-order valence-electron chi connectivity index (χ1n) is 6.41. The molecule has 0 bridgehead atoms. The Morgan fingerprint density at radius 1 is 1.05 bits per heavy atom. The van der Waals surface area contributed by atoms with Crippen molar-refractivity contribution in [3.8, 4) is 5.75 Å². The summed E-state index contributed by atoms with van der Waals surface area (Å²) in [6.45, 7) is 4.07. The van der Waals surface area contributed by atoms with Crippen molar-refractivity contribution in [2.45, 2.75) is 20.0 Å². The molecular formula is C16H16N2O. The maximum absolute atomic E-state index is 5.88. The molecule has 1 heterocycles. The summed E-state index contributed by atoms with van der Waals surface area (Å²) in [5.74, 6) is 1.71. The minimum Gasteiger partial charge on any atom is -0.483 e. The SMILES string of the molecule is Cc1cccc2[nH]c([C@@H](C)Oc3ccccc3)nc12. The second-order valence-corrected chi connectivity index (χ2v) is 4.67. The lowest BCUT2D eigenvalue weighted by Crippen LogP contribution is -2.04. The molecule has 1 aromatic heterocycles. The topological polar surface area (TPSA) is 37.9 Å². The second-order valence-electron chi connectivity index (χ2n) is 4.67. The summed E-state index contributed by atoms with van der Waals surface area (Å²) in [4.78, 5) is 7.95. The monoisotopic (exact) mass is 252 g/mol. The van der Waals surface area contributed by atoms with Gasteiger partial charge in [0.25, 0.3) is 0 Å². The van der Waals surface area contributed by atoms with Gasteiger partial charge in [0.1, 0.15) is 11.6 Å². The Hall–Kier alpha value is -2.29. The number of nitrogens with one attached hydrogen (secondary N) is 1. The second kappa shape index (κ2) is 4.76. The van der Waals surface area contributed by atoms with Crippen LogP contribution in [-0.2, 0) is 0 Å². The lowest BCUT2D eigenvalue weighted by atomic mass is 10.2. The first kappa shape index (κ1) is 11.8. The van der Waals surface area contributed by atoms with Crippen LogP contribution in [0.1, 0.15) is 24.4 Å². The van der Waals surface area contributed by atoms with Gasteiger partial charge in [0.2, 0.25) is 0 Å². The number of benzene rings is 2. The number of para-hydroxylation sites is 2. The van der Waals surface area contributed by atoms with Crippen molar-refractivity contribution >= 4 is 11.0 Å². The number of fused-ring (bicyclic) bond motifs is 1. The van der Waals surface area contributed by atoms with Crippen LogP contribution in [0.5, 0.6) is 5.75 Å². The maximum atomic E-state index is 5.88. The highest BCUT2D eigenvalue weighted by atomic mass is 16.5. The number of hydrogen-bond acceptors (Lipinski definition) is 2. The van der Waals surface area contributed by atoms with Crippen LogP contribution in [0.25, 0.3) is 11.0 Å². The molecule has 19 heavy (non-hydrogen) atoms. The van der Waals surface area contributed by atoms with Crippen molar-refractivity contribution in [2.75, 3.05) is 0 Å². The summed E-state index contributed by atoms with van der Waals surface area (Å²) >= 11 is 0. The van der Waals surface area contributed by atoms with Gasteiger partial charge in [-0.3, -0.25) is 0 Å². The zero-order valence-electron chi connectivity index (χ0n) is 11.1. The summed E-state index contributed by atoms with van der Waals surface area (Å²) in [5.41, 5.74) is 3.24. The molecular weight excluding hydrogens is 236 g/mol. The highest BCUT2D eigenvalue weighted by Gasteiger charge is 2.13. The fourth-order valence-corrected chi connectivity index (χ4v) is 2.15. The molecule has 0 amide bonds. The molecule has 0 unspecified atom stereocenters. The van der Waals surface area contributed by atoms with Gasteiger partial charge in [-0.05, 0) is 37.6 Å². The van der Waals surface area contributed by atoms with Gasteiger partial charge >= 0.3 is 0 Å². The maximum Gasteiger partial charge on any atom is 0.153 e. The molecule has 0 spiro atoms. The molecule has 0 saturated carbocycles. The van der Waals surface area contributed by atoms with E-state index in [1.54, 1.807) is 0 Å². The van der Waals surface area contributed by atoms with Crippen LogP contribution in [0.2, 0.25) is 0 Å². The van der Waals surface area contributed by atoms with Crippen LogP contribution in [0.15, 0.2) is 48.5 Å². The predicted molar refractivity (Wildman–Crippen MR) is 76.3 cm³/mol. The smallest absolute Gasteiger partial charge is 0.153 e. The Labute approximate surface area is 112 Å². The standard InChI is InChI=1S/C16H16N2O/c1-11-7-6-10-14-15(11)18-16(17-14)12(2)19-13-8-4-3-5-9-13/h3-10,12H,1-2H3,(H,17,18)/t12-/m1/s1. The fraction of sp³-hybridized carbons (Fsp3) is 0.188. The number of aromatic nitrogens is 2. The number of H-pyrrole nitrogens is 1. The Kier molecular flexibility index (Phi) is 2.95. The van der Waals surface area contributed by atoms with E-state index in [0.29, 0.717) is 0 Å². The normalized spacial score (nSPS) is 12.5. The van der Waals surface area contributed by atoms with E-state index in [-0.39, 0.29) is 6.10 Å². The summed E-state index contributed by atoms with van der Waals surface area (Å²) in [6, 6.07) is 15.9. The number of nitrogens with zero attached hydrogens (tertiary/aromatic N) is 1. The van der Waals surface area contributed by atoms with Crippen molar-refractivity contribution < 1.29 is 4.74 Å². The van der Waals surface area contributed by atoms with E-state index in [4.69, 9.17) is 4.74 Å². The molecule has 1 N–H and O–H groups in total. The van der Waals surface area contributed by atoms with Crippen molar-refractivity contribution in [2.24, 2.45) is 0 Å². The van der Waals surface area contributed by atoms with Crippen LogP contribution in [-0.4, -0.2) is 9.97 Å². The van der Waals surface area contributed by atoms with Crippen LogP contribution >= 0.6 is 0 Å². The van der Waals surface area contributed by atoms with Gasteiger partial charge in [-0.25, -0.2) is 4.98 Å². The van der Waals surface area contributed by atoms with E-state index in [1.165, 1.54) is 5.56 Å². The molecule has 0 fully saturated rings. The van der Waals surface area contributed by atoms with Gasteiger partial charge in [0, 0.05) is 0 Å². The van der Waals surface area contributed by atoms with Gasteiger partial charge in [-0.1, -0.05) is 30.3 Å². The molecule has 0 aliphatic carbocycles. The molecule has 3 nitrogen and oxygen atoms in total. The van der Waals surface area contributed by atoms with Crippen molar-refractivity contribution in [1.29, 1.82) is 0 Å². The van der Waals surface area contributed by atoms with Gasteiger partial charge in [0.15, 0.2) is 6.10 Å². The Morgan fingerprint density at radius 2 is 1.84 bits per heavy atom. The van der Waals surface area contributed by atoms with Crippen molar-refractivity contribution in [3.63, 3.8) is 0 Å². The minimum atomic E-state index is -0.103. The highest BCUT2D eigenvalue weighted by Crippen LogP contribution is 2.23. The number of aromatic amines is 1. The van der Waals surface area contributed by atoms with Gasteiger partial charge in [-0.2, -0.15) is 0 Å². The van der Waals surface area contributed by atoms with Crippen LogP contribution in [0.4, 0.5) is 0 Å². The molecule has 0 radical (unpaired) electrons. The van der Waals surface area contributed by atoms with Crippen molar-refractivity contribution in [3.05, 3.63) is 59.9 Å². The van der Waals surface area contributed by atoms with Gasteiger partial charge in [-0.15, -0.1) is 0 Å². The molecule has 1 atom stereocenters. The number of imidazole rings is 1. The fourth-order valence-electron chi connectivity index (χ4n) is 2.15. The first-order valence-corrected chi connectivity index (χ1v) is 6.41. The van der Waals surface area contributed by atoms with Crippen molar-refractivity contribution in [1.82, 2.24) is 9.97 Å². The van der Waals surface area contributed by atoms with Crippen LogP contribution in [0, 0.1) is 6.92 Å². The molecule has 96 valence electrons. The number of rotatable bonds is 3. The lowest BCUT2D eigenvalue weighted by molar-refractivity contribution is 0.218. The molecule has 3 heteroatoms. The van der Waals surface area contributed by atoms with Crippen LogP contribution in [0.3, 0.4) is 0 Å². The zero-order valence-corrected chi connectivity index (χ0v) is 11.1. The van der Waals surface area contributed by atoms with Crippen LogP contribution < -0.4 is 4.74 Å². The van der Waals surface area contributed by atoms with E-state index >= 15 is 0 Å². The molecule has 0 saturated heterocycles. The number of hydrogen-bond donors (Lipinski definition) is 1. The molecule has 0 aliphatic heterocycles. The Bertz CT molecular complexity index is 688. The molecule has 2 aromatic carbocycles. The minimum absolute atomic E-state index is 0.103. The summed E-state index contributed by atoms with van der Waals surface area (Å²) in [7, 11) is 0. The third kappa shape index (κ3) is 2.32. The summed E-state index contributed by atoms with van der Waals surface area (Å²) < 4.78 is 5.88. The average Bonchev–Trinajstić information content (AvgIpc) is 2.85.